The summed E-state index contributed by atoms with van der Waals surface area (Å²) in [5.74, 6) is -0.137. The van der Waals surface area contributed by atoms with Crippen LogP contribution in [-0.2, 0) is 13.8 Å². The van der Waals surface area contributed by atoms with Crippen molar-refractivity contribution < 1.29 is 13.2 Å². The summed E-state index contributed by atoms with van der Waals surface area (Å²) in [7, 11) is 1.46. The number of hydrogen-bond donors (Lipinski definition) is 1. The number of thioether (sulfide) groups is 1. The van der Waals surface area contributed by atoms with Crippen LogP contribution in [0.25, 0.3) is 0 Å². The van der Waals surface area contributed by atoms with Crippen molar-refractivity contribution in [3.05, 3.63) is 18.2 Å². The molecule has 1 aliphatic heterocycles. The first-order valence-corrected chi connectivity index (χ1v) is 7.63. The fraction of sp³-hybridized carbons (Fsp3) is 0.222. The summed E-state index contributed by atoms with van der Waals surface area (Å²) in [4.78, 5) is 12.2. The second-order valence-electron chi connectivity index (χ2n) is 3.35. The largest absolute Gasteiger partial charge is 0.324 e. The van der Waals surface area contributed by atoms with E-state index in [4.69, 9.17) is 10.7 Å². The predicted octanol–water partition coefficient (Wildman–Crippen LogP) is 2.05. The third-order valence-electron chi connectivity index (χ3n) is 2.16. The maximum absolute atomic E-state index is 11.4. The maximum Gasteiger partial charge on any atom is 0.261 e. The van der Waals surface area contributed by atoms with Crippen molar-refractivity contribution in [1.82, 2.24) is 0 Å². The molecule has 0 radical (unpaired) electrons. The van der Waals surface area contributed by atoms with E-state index in [2.05, 4.69) is 5.32 Å². The highest BCUT2D eigenvalue weighted by atomic mass is 35.7. The third-order valence-corrected chi connectivity index (χ3v) is 4.69. The van der Waals surface area contributed by atoms with E-state index >= 15 is 0 Å². The summed E-state index contributed by atoms with van der Waals surface area (Å²) in [6.07, 6.45) is 0. The SMILES string of the molecule is CC1Sc2ccc(S(=O)(=O)Cl)cc2NC1=O. The van der Waals surface area contributed by atoms with Gasteiger partial charge >= 0.3 is 0 Å². The number of rotatable bonds is 1. The van der Waals surface area contributed by atoms with Gasteiger partial charge in [0.1, 0.15) is 0 Å². The molecule has 2 rings (SSSR count). The molecule has 1 aliphatic rings. The molecule has 0 saturated carbocycles. The number of fused-ring (bicyclic) bond motifs is 1. The Balaban J connectivity index is 2.48. The molecule has 86 valence electrons. The molecule has 7 heteroatoms. The Bertz CT molecular complexity index is 556. The molecule has 0 aromatic heterocycles. The zero-order valence-corrected chi connectivity index (χ0v) is 10.6. The van der Waals surface area contributed by atoms with Crippen molar-refractivity contribution in [2.24, 2.45) is 0 Å². The number of hydrogen-bond acceptors (Lipinski definition) is 4. The first kappa shape index (κ1) is 11.8. The molecule has 0 aliphatic carbocycles. The fourth-order valence-corrected chi connectivity index (χ4v) is 3.05. The molecule has 16 heavy (non-hydrogen) atoms. The Morgan fingerprint density at radius 3 is 2.75 bits per heavy atom. The van der Waals surface area contributed by atoms with Crippen molar-refractivity contribution in [2.45, 2.75) is 22.0 Å². The van der Waals surface area contributed by atoms with Crippen LogP contribution in [0.3, 0.4) is 0 Å². The Kier molecular flexibility index (Phi) is 2.90. The van der Waals surface area contributed by atoms with Gasteiger partial charge in [-0.15, -0.1) is 11.8 Å². The number of benzene rings is 1. The lowest BCUT2D eigenvalue weighted by Crippen LogP contribution is -2.26. The number of amides is 1. The quantitative estimate of drug-likeness (QED) is 0.798. The summed E-state index contributed by atoms with van der Waals surface area (Å²) in [5.41, 5.74) is 0.495. The van der Waals surface area contributed by atoms with Crippen LogP contribution in [0.5, 0.6) is 0 Å². The number of carbonyl (C=O) groups is 1. The Morgan fingerprint density at radius 2 is 2.12 bits per heavy atom. The molecular weight excluding hydrogens is 270 g/mol. The molecule has 0 fully saturated rings. The van der Waals surface area contributed by atoms with E-state index in [1.807, 2.05) is 0 Å². The number of halogens is 1. The highest BCUT2D eigenvalue weighted by Crippen LogP contribution is 2.37. The van der Waals surface area contributed by atoms with Gasteiger partial charge in [-0.1, -0.05) is 0 Å². The van der Waals surface area contributed by atoms with Crippen LogP contribution in [0.15, 0.2) is 28.0 Å². The zero-order chi connectivity index (χ0) is 11.9. The van der Waals surface area contributed by atoms with E-state index in [1.54, 1.807) is 13.0 Å². The van der Waals surface area contributed by atoms with E-state index in [1.165, 1.54) is 23.9 Å². The summed E-state index contributed by atoms with van der Waals surface area (Å²) in [6.45, 7) is 1.79. The molecule has 4 nitrogen and oxygen atoms in total. The predicted molar refractivity (Wildman–Crippen MR) is 63.4 cm³/mol. The monoisotopic (exact) mass is 277 g/mol. The van der Waals surface area contributed by atoms with Crippen LogP contribution in [0, 0.1) is 0 Å². The second-order valence-corrected chi connectivity index (χ2v) is 7.29. The topological polar surface area (TPSA) is 63.2 Å². The molecule has 1 aromatic rings. The summed E-state index contributed by atoms with van der Waals surface area (Å²) in [6, 6.07) is 4.44. The minimum atomic E-state index is -3.76. The highest BCUT2D eigenvalue weighted by Gasteiger charge is 2.24. The van der Waals surface area contributed by atoms with Gasteiger partial charge in [0, 0.05) is 15.6 Å². The molecule has 1 N–H and O–H groups in total. The van der Waals surface area contributed by atoms with E-state index in [0.717, 1.165) is 4.90 Å². The van der Waals surface area contributed by atoms with Crippen LogP contribution in [-0.4, -0.2) is 19.6 Å². The van der Waals surface area contributed by atoms with Gasteiger partial charge in [0.25, 0.3) is 9.05 Å². The summed E-state index contributed by atoms with van der Waals surface area (Å²) >= 11 is 1.39. The van der Waals surface area contributed by atoms with Crippen molar-refractivity contribution in [3.8, 4) is 0 Å². The second kappa shape index (κ2) is 3.94. The number of nitrogens with one attached hydrogen (secondary N) is 1. The summed E-state index contributed by atoms with van der Waals surface area (Å²) in [5, 5.41) is 2.46. The Morgan fingerprint density at radius 1 is 1.44 bits per heavy atom. The Labute approximate surface area is 102 Å². The molecule has 0 spiro atoms. The minimum Gasteiger partial charge on any atom is -0.324 e. The highest BCUT2D eigenvalue weighted by molar-refractivity contribution is 8.13. The van der Waals surface area contributed by atoms with E-state index in [-0.39, 0.29) is 16.1 Å². The van der Waals surface area contributed by atoms with E-state index in [9.17, 15) is 13.2 Å². The molecular formula is C9H8ClNO3S2. The van der Waals surface area contributed by atoms with Gasteiger partial charge in [0.15, 0.2) is 0 Å². The lowest BCUT2D eigenvalue weighted by molar-refractivity contribution is -0.115. The smallest absolute Gasteiger partial charge is 0.261 e. The lowest BCUT2D eigenvalue weighted by atomic mass is 10.3. The fourth-order valence-electron chi connectivity index (χ4n) is 1.34. The van der Waals surface area contributed by atoms with Gasteiger partial charge in [-0.3, -0.25) is 4.79 Å². The van der Waals surface area contributed by atoms with Gasteiger partial charge in [-0.2, -0.15) is 0 Å². The molecule has 0 bridgehead atoms. The number of carbonyl (C=O) groups excluding carboxylic acids is 1. The van der Waals surface area contributed by atoms with Gasteiger partial charge in [-0.25, -0.2) is 8.42 Å². The van der Waals surface area contributed by atoms with E-state index < -0.39 is 9.05 Å². The van der Waals surface area contributed by atoms with Crippen molar-refractivity contribution >= 4 is 43.1 Å². The van der Waals surface area contributed by atoms with Crippen molar-refractivity contribution in [2.75, 3.05) is 5.32 Å². The van der Waals surface area contributed by atoms with Crippen LogP contribution in [0.4, 0.5) is 5.69 Å². The molecule has 1 atom stereocenters. The van der Waals surface area contributed by atoms with Crippen LogP contribution in [0.1, 0.15) is 6.92 Å². The van der Waals surface area contributed by atoms with Gasteiger partial charge in [0.05, 0.1) is 15.8 Å². The van der Waals surface area contributed by atoms with Gasteiger partial charge in [-0.05, 0) is 25.1 Å². The van der Waals surface area contributed by atoms with Crippen molar-refractivity contribution in [1.29, 1.82) is 0 Å². The average molecular weight is 278 g/mol. The summed E-state index contributed by atoms with van der Waals surface area (Å²) < 4.78 is 22.2. The number of anilines is 1. The first-order chi connectivity index (χ1) is 7.38. The van der Waals surface area contributed by atoms with Crippen LogP contribution < -0.4 is 5.32 Å². The molecule has 0 saturated heterocycles. The third kappa shape index (κ3) is 2.18. The standard InChI is InChI=1S/C9H8ClNO3S2/c1-5-9(12)11-7-4-6(16(10,13)14)2-3-8(7)15-5/h2-5H,1H3,(H,11,12). The molecule has 1 unspecified atom stereocenters. The molecule has 1 heterocycles. The Hall–Kier alpha value is -0.720. The van der Waals surface area contributed by atoms with E-state index in [0.29, 0.717) is 5.69 Å². The van der Waals surface area contributed by atoms with Gasteiger partial charge < -0.3 is 5.32 Å². The first-order valence-electron chi connectivity index (χ1n) is 4.44. The van der Waals surface area contributed by atoms with Crippen molar-refractivity contribution in [3.63, 3.8) is 0 Å². The normalized spacial score (nSPS) is 20.1. The average Bonchev–Trinajstić information content (AvgIpc) is 2.17. The zero-order valence-electron chi connectivity index (χ0n) is 8.23. The van der Waals surface area contributed by atoms with Crippen LogP contribution in [0.2, 0.25) is 0 Å². The maximum atomic E-state index is 11.4. The lowest BCUT2D eigenvalue weighted by Gasteiger charge is -2.21. The molecule has 1 aromatic carbocycles. The van der Waals surface area contributed by atoms with Gasteiger partial charge in [0.2, 0.25) is 5.91 Å². The minimum absolute atomic E-state index is 0.0108. The van der Waals surface area contributed by atoms with Crippen LogP contribution >= 0.6 is 22.4 Å². The molecule has 1 amide bonds.